The SMILES string of the molecule is COc1ccc(Oc2ncccc2NC(=O)C2CC(=O)N(c3ccccc3F)C2)cc1. The van der Waals surface area contributed by atoms with Crippen LogP contribution in [0.15, 0.2) is 66.9 Å². The van der Waals surface area contributed by atoms with Crippen LogP contribution in [0.5, 0.6) is 17.4 Å². The number of hydrogen-bond acceptors (Lipinski definition) is 5. The molecule has 3 aromatic rings. The number of amides is 2. The number of para-hydroxylation sites is 1. The number of nitrogens with zero attached hydrogens (tertiary/aromatic N) is 2. The lowest BCUT2D eigenvalue weighted by atomic mass is 10.1. The average Bonchev–Trinajstić information content (AvgIpc) is 3.17. The summed E-state index contributed by atoms with van der Waals surface area (Å²) in [5.74, 6) is -0.355. The highest BCUT2D eigenvalue weighted by Gasteiger charge is 2.36. The van der Waals surface area contributed by atoms with Gasteiger partial charge in [-0.2, -0.15) is 0 Å². The molecule has 0 saturated carbocycles. The molecule has 0 radical (unpaired) electrons. The summed E-state index contributed by atoms with van der Waals surface area (Å²) in [4.78, 5) is 30.7. The van der Waals surface area contributed by atoms with Crippen molar-refractivity contribution in [2.75, 3.05) is 23.9 Å². The van der Waals surface area contributed by atoms with Crippen molar-refractivity contribution in [3.63, 3.8) is 0 Å². The van der Waals surface area contributed by atoms with E-state index < -0.39 is 11.7 Å². The smallest absolute Gasteiger partial charge is 0.243 e. The molecular formula is C23H20FN3O4. The van der Waals surface area contributed by atoms with Gasteiger partial charge in [-0.3, -0.25) is 9.59 Å². The number of rotatable bonds is 6. The number of methoxy groups -OCH3 is 1. The zero-order valence-electron chi connectivity index (χ0n) is 16.7. The topological polar surface area (TPSA) is 80.8 Å². The Morgan fingerprint density at radius 2 is 1.84 bits per heavy atom. The highest BCUT2D eigenvalue weighted by molar-refractivity contribution is 6.03. The normalized spacial score (nSPS) is 15.6. The molecule has 1 N–H and O–H groups in total. The van der Waals surface area contributed by atoms with Crippen LogP contribution in [0, 0.1) is 11.7 Å². The van der Waals surface area contributed by atoms with Crippen LogP contribution < -0.4 is 19.7 Å². The third kappa shape index (κ3) is 4.48. The standard InChI is InChI=1S/C23H20FN3O4/c1-30-16-8-10-17(11-9-16)31-23-19(6-4-12-25-23)26-22(29)15-13-21(28)27(14-15)20-7-3-2-5-18(20)24/h2-12,15H,13-14H2,1H3,(H,26,29). The molecule has 1 saturated heterocycles. The van der Waals surface area contributed by atoms with Gasteiger partial charge in [0.15, 0.2) is 0 Å². The first-order valence-corrected chi connectivity index (χ1v) is 9.68. The van der Waals surface area contributed by atoms with E-state index in [0.29, 0.717) is 17.2 Å². The van der Waals surface area contributed by atoms with E-state index in [0.717, 1.165) is 0 Å². The monoisotopic (exact) mass is 421 g/mol. The maximum atomic E-state index is 14.1. The van der Waals surface area contributed by atoms with Crippen LogP contribution in [0.1, 0.15) is 6.42 Å². The fourth-order valence-electron chi connectivity index (χ4n) is 3.34. The molecule has 1 atom stereocenters. The number of halogens is 1. The Hall–Kier alpha value is -3.94. The van der Waals surface area contributed by atoms with Crippen molar-refractivity contribution in [3.05, 3.63) is 72.7 Å². The molecule has 0 bridgehead atoms. The fraction of sp³-hybridized carbons (Fsp3) is 0.174. The fourth-order valence-corrected chi connectivity index (χ4v) is 3.34. The van der Waals surface area contributed by atoms with Gasteiger partial charge >= 0.3 is 0 Å². The van der Waals surface area contributed by atoms with Crippen LogP contribution >= 0.6 is 0 Å². The molecule has 4 rings (SSSR count). The van der Waals surface area contributed by atoms with Crippen molar-refractivity contribution < 1.29 is 23.5 Å². The van der Waals surface area contributed by atoms with Gasteiger partial charge in [-0.25, -0.2) is 9.37 Å². The zero-order chi connectivity index (χ0) is 21.8. The van der Waals surface area contributed by atoms with Crippen LogP contribution in [0.4, 0.5) is 15.8 Å². The Kier molecular flexibility index (Phi) is 5.79. The Balaban J connectivity index is 1.46. The lowest BCUT2D eigenvalue weighted by molar-refractivity contribution is -0.122. The summed E-state index contributed by atoms with van der Waals surface area (Å²) in [5, 5.41) is 2.78. The van der Waals surface area contributed by atoms with Gasteiger partial charge < -0.3 is 19.7 Å². The van der Waals surface area contributed by atoms with Gasteiger partial charge in [0.05, 0.1) is 18.7 Å². The molecule has 1 aromatic heterocycles. The number of nitrogens with one attached hydrogen (secondary N) is 1. The Morgan fingerprint density at radius 3 is 2.58 bits per heavy atom. The molecule has 0 spiro atoms. The molecule has 2 amide bonds. The van der Waals surface area contributed by atoms with Crippen molar-refractivity contribution in [1.29, 1.82) is 0 Å². The molecule has 1 aliphatic rings. The van der Waals surface area contributed by atoms with Crippen molar-refractivity contribution in [2.45, 2.75) is 6.42 Å². The molecular weight excluding hydrogens is 401 g/mol. The molecule has 8 heteroatoms. The number of pyridine rings is 1. The van der Waals surface area contributed by atoms with Gasteiger partial charge in [-0.1, -0.05) is 12.1 Å². The summed E-state index contributed by atoms with van der Waals surface area (Å²) in [6.07, 6.45) is 1.54. The summed E-state index contributed by atoms with van der Waals surface area (Å²) in [6, 6.07) is 16.3. The number of hydrogen-bond donors (Lipinski definition) is 1. The summed E-state index contributed by atoms with van der Waals surface area (Å²) < 4.78 is 25.0. The predicted molar refractivity (Wildman–Crippen MR) is 113 cm³/mol. The van der Waals surface area contributed by atoms with Crippen molar-refractivity contribution in [2.24, 2.45) is 5.92 Å². The van der Waals surface area contributed by atoms with E-state index in [1.165, 1.54) is 17.0 Å². The number of aromatic nitrogens is 1. The van der Waals surface area contributed by atoms with E-state index in [1.54, 1.807) is 61.8 Å². The second-order valence-electron chi connectivity index (χ2n) is 6.98. The first kappa shape index (κ1) is 20.3. The van der Waals surface area contributed by atoms with E-state index in [1.807, 2.05) is 0 Å². The van der Waals surface area contributed by atoms with Crippen molar-refractivity contribution >= 4 is 23.2 Å². The first-order valence-electron chi connectivity index (χ1n) is 9.68. The number of anilines is 2. The second kappa shape index (κ2) is 8.83. The van der Waals surface area contributed by atoms with Gasteiger partial charge in [0.1, 0.15) is 23.0 Å². The Bertz CT molecular complexity index is 1100. The zero-order valence-corrected chi connectivity index (χ0v) is 16.7. The first-order chi connectivity index (χ1) is 15.0. The molecule has 1 fully saturated rings. The predicted octanol–water partition coefficient (Wildman–Crippen LogP) is 4.01. The summed E-state index contributed by atoms with van der Waals surface area (Å²) in [6.45, 7) is 0.0978. The number of carbonyl (C=O) groups is 2. The number of carbonyl (C=O) groups excluding carboxylic acids is 2. The van der Waals surface area contributed by atoms with E-state index in [-0.39, 0.29) is 36.3 Å². The van der Waals surface area contributed by atoms with Gasteiger partial charge in [0.2, 0.25) is 17.7 Å². The lowest BCUT2D eigenvalue weighted by Crippen LogP contribution is -2.28. The average molecular weight is 421 g/mol. The molecule has 7 nitrogen and oxygen atoms in total. The third-order valence-corrected chi connectivity index (χ3v) is 4.94. The quantitative estimate of drug-likeness (QED) is 0.650. The lowest BCUT2D eigenvalue weighted by Gasteiger charge is -2.17. The van der Waals surface area contributed by atoms with Crippen LogP contribution in [0.25, 0.3) is 0 Å². The largest absolute Gasteiger partial charge is 0.497 e. The Labute approximate surface area is 178 Å². The molecule has 1 aliphatic heterocycles. The van der Waals surface area contributed by atoms with Crippen molar-refractivity contribution in [1.82, 2.24) is 4.98 Å². The third-order valence-electron chi connectivity index (χ3n) is 4.94. The van der Waals surface area contributed by atoms with E-state index in [2.05, 4.69) is 10.3 Å². The molecule has 0 aliphatic carbocycles. The second-order valence-corrected chi connectivity index (χ2v) is 6.98. The summed E-state index contributed by atoms with van der Waals surface area (Å²) in [5.41, 5.74) is 0.549. The van der Waals surface area contributed by atoms with Crippen molar-refractivity contribution in [3.8, 4) is 17.4 Å². The summed E-state index contributed by atoms with van der Waals surface area (Å²) >= 11 is 0. The highest BCUT2D eigenvalue weighted by atomic mass is 19.1. The van der Waals surface area contributed by atoms with E-state index in [9.17, 15) is 14.0 Å². The molecule has 2 aromatic carbocycles. The van der Waals surface area contributed by atoms with Gasteiger partial charge in [-0.05, 0) is 48.5 Å². The molecule has 1 unspecified atom stereocenters. The van der Waals surface area contributed by atoms with Crippen LogP contribution in [0.3, 0.4) is 0 Å². The van der Waals surface area contributed by atoms with E-state index >= 15 is 0 Å². The maximum absolute atomic E-state index is 14.1. The van der Waals surface area contributed by atoms with Crippen LogP contribution in [-0.4, -0.2) is 30.5 Å². The minimum Gasteiger partial charge on any atom is -0.497 e. The Morgan fingerprint density at radius 1 is 1.10 bits per heavy atom. The van der Waals surface area contributed by atoms with Crippen LogP contribution in [-0.2, 0) is 9.59 Å². The number of benzene rings is 2. The molecule has 2 heterocycles. The molecule has 31 heavy (non-hydrogen) atoms. The summed E-state index contributed by atoms with van der Waals surface area (Å²) in [7, 11) is 1.57. The van der Waals surface area contributed by atoms with Crippen LogP contribution in [0.2, 0.25) is 0 Å². The van der Waals surface area contributed by atoms with Gasteiger partial charge in [0, 0.05) is 19.2 Å². The highest BCUT2D eigenvalue weighted by Crippen LogP contribution is 2.31. The maximum Gasteiger partial charge on any atom is 0.243 e. The molecule has 158 valence electrons. The number of ether oxygens (including phenoxy) is 2. The van der Waals surface area contributed by atoms with E-state index in [4.69, 9.17) is 9.47 Å². The minimum atomic E-state index is -0.624. The van der Waals surface area contributed by atoms with Gasteiger partial charge in [0.25, 0.3) is 0 Å². The minimum absolute atomic E-state index is 0.00486. The van der Waals surface area contributed by atoms with Gasteiger partial charge in [-0.15, -0.1) is 0 Å².